The molecule has 1 aliphatic carbocycles. The van der Waals surface area contributed by atoms with Crippen molar-refractivity contribution in [3.8, 4) is 17.6 Å². The number of non-ortho nitro benzene ring substituents is 1. The lowest BCUT2D eigenvalue weighted by Crippen LogP contribution is -2.26. The second-order valence-corrected chi connectivity index (χ2v) is 11.1. The molecule has 1 aliphatic rings. The SMILES string of the molecule is COc1cc(C=Nc2sc3c(c2C#N)CC[C@H](C(C)(C)C)C3)ccc1OCc1cccc([N+](=O)[O-])c1. The van der Waals surface area contributed by atoms with Crippen molar-refractivity contribution >= 4 is 28.2 Å². The van der Waals surface area contributed by atoms with Gasteiger partial charge < -0.3 is 9.47 Å². The number of rotatable bonds is 7. The van der Waals surface area contributed by atoms with Crippen LogP contribution in [0.25, 0.3) is 0 Å². The summed E-state index contributed by atoms with van der Waals surface area (Å²) in [4.78, 5) is 16.5. The zero-order valence-electron chi connectivity index (χ0n) is 20.9. The van der Waals surface area contributed by atoms with Crippen LogP contribution < -0.4 is 9.47 Å². The number of aliphatic imine (C=N–C) groups is 1. The number of thiophene rings is 1. The molecule has 3 aromatic rings. The molecule has 4 rings (SSSR count). The second-order valence-electron chi connectivity index (χ2n) is 9.99. The highest BCUT2D eigenvalue weighted by Gasteiger charge is 2.32. The average molecular weight is 504 g/mol. The van der Waals surface area contributed by atoms with E-state index in [2.05, 4.69) is 31.8 Å². The molecule has 0 unspecified atom stereocenters. The maximum absolute atomic E-state index is 11.0. The first-order valence-electron chi connectivity index (χ1n) is 11.8. The van der Waals surface area contributed by atoms with Crippen LogP contribution in [0, 0.1) is 32.8 Å². The molecule has 186 valence electrons. The summed E-state index contributed by atoms with van der Waals surface area (Å²) in [7, 11) is 1.56. The Morgan fingerprint density at radius 3 is 2.75 bits per heavy atom. The molecular weight excluding hydrogens is 474 g/mol. The van der Waals surface area contributed by atoms with Gasteiger partial charge in [-0.1, -0.05) is 32.9 Å². The van der Waals surface area contributed by atoms with Crippen LogP contribution in [0.3, 0.4) is 0 Å². The summed E-state index contributed by atoms with van der Waals surface area (Å²) in [6.45, 7) is 7.02. The Hall–Kier alpha value is -3.70. The van der Waals surface area contributed by atoms with Crippen molar-refractivity contribution in [1.29, 1.82) is 5.26 Å². The van der Waals surface area contributed by atoms with Crippen molar-refractivity contribution in [2.45, 2.75) is 46.6 Å². The Morgan fingerprint density at radius 2 is 2.06 bits per heavy atom. The Bertz CT molecular complexity index is 1350. The van der Waals surface area contributed by atoms with Crippen molar-refractivity contribution < 1.29 is 14.4 Å². The lowest BCUT2D eigenvalue weighted by molar-refractivity contribution is -0.384. The van der Waals surface area contributed by atoms with Gasteiger partial charge in [0.2, 0.25) is 0 Å². The number of benzene rings is 2. The van der Waals surface area contributed by atoms with Gasteiger partial charge in [0.05, 0.1) is 17.6 Å². The third kappa shape index (κ3) is 5.58. The summed E-state index contributed by atoms with van der Waals surface area (Å²) in [5.41, 5.74) is 3.64. The molecule has 0 radical (unpaired) electrons. The van der Waals surface area contributed by atoms with Gasteiger partial charge in [-0.3, -0.25) is 10.1 Å². The summed E-state index contributed by atoms with van der Waals surface area (Å²) >= 11 is 1.62. The van der Waals surface area contributed by atoms with Crippen molar-refractivity contribution in [1.82, 2.24) is 0 Å². The predicted octanol–water partition coefficient (Wildman–Crippen LogP) is 7.02. The first-order chi connectivity index (χ1) is 17.2. The van der Waals surface area contributed by atoms with E-state index in [4.69, 9.17) is 9.47 Å². The number of ether oxygens (including phenoxy) is 2. The van der Waals surface area contributed by atoms with E-state index in [9.17, 15) is 15.4 Å². The highest BCUT2D eigenvalue weighted by molar-refractivity contribution is 7.16. The van der Waals surface area contributed by atoms with Crippen LogP contribution >= 0.6 is 11.3 Å². The maximum Gasteiger partial charge on any atom is 0.269 e. The van der Waals surface area contributed by atoms with E-state index >= 15 is 0 Å². The lowest BCUT2D eigenvalue weighted by atomic mass is 9.72. The molecule has 8 heteroatoms. The zero-order valence-corrected chi connectivity index (χ0v) is 21.7. The lowest BCUT2D eigenvalue weighted by Gasteiger charge is -2.33. The summed E-state index contributed by atoms with van der Waals surface area (Å²) < 4.78 is 11.4. The van der Waals surface area contributed by atoms with E-state index in [1.165, 1.54) is 17.0 Å². The molecule has 7 nitrogen and oxygen atoms in total. The third-order valence-corrected chi connectivity index (χ3v) is 7.78. The van der Waals surface area contributed by atoms with Crippen LogP contribution in [0.5, 0.6) is 11.5 Å². The van der Waals surface area contributed by atoms with Crippen molar-refractivity contribution in [2.75, 3.05) is 7.11 Å². The van der Waals surface area contributed by atoms with Gasteiger partial charge in [-0.25, -0.2) is 4.99 Å². The minimum atomic E-state index is -0.428. The third-order valence-electron chi connectivity index (χ3n) is 6.62. The van der Waals surface area contributed by atoms with Crippen LogP contribution in [0.2, 0.25) is 0 Å². The number of hydrogen-bond donors (Lipinski definition) is 0. The van der Waals surface area contributed by atoms with Crippen LogP contribution in [-0.2, 0) is 19.4 Å². The van der Waals surface area contributed by atoms with Crippen LogP contribution in [-0.4, -0.2) is 18.2 Å². The molecule has 0 bridgehead atoms. The fourth-order valence-electron chi connectivity index (χ4n) is 4.45. The van der Waals surface area contributed by atoms with Gasteiger partial charge in [-0.05, 0) is 65.5 Å². The zero-order chi connectivity index (χ0) is 25.9. The number of nitro groups is 1. The molecule has 1 atom stereocenters. The first-order valence-corrected chi connectivity index (χ1v) is 12.6. The number of nitrogens with zero attached hydrogens (tertiary/aromatic N) is 3. The number of nitro benzene ring substituents is 1. The van der Waals surface area contributed by atoms with Gasteiger partial charge in [0.1, 0.15) is 17.7 Å². The molecule has 0 aliphatic heterocycles. The van der Waals surface area contributed by atoms with Crippen LogP contribution in [0.4, 0.5) is 10.7 Å². The fourth-order valence-corrected chi connectivity index (χ4v) is 5.68. The van der Waals surface area contributed by atoms with E-state index in [0.29, 0.717) is 28.5 Å². The molecule has 0 N–H and O–H groups in total. The Labute approximate surface area is 215 Å². The number of nitriles is 1. The van der Waals surface area contributed by atoms with Gasteiger partial charge in [0.25, 0.3) is 5.69 Å². The number of hydrogen-bond acceptors (Lipinski definition) is 7. The molecule has 0 fully saturated rings. The van der Waals surface area contributed by atoms with E-state index in [-0.39, 0.29) is 17.7 Å². The van der Waals surface area contributed by atoms with E-state index in [0.717, 1.165) is 35.4 Å². The Kier molecular flexibility index (Phi) is 7.41. The molecule has 0 spiro atoms. The topological polar surface area (TPSA) is 97.8 Å². The molecule has 36 heavy (non-hydrogen) atoms. The highest BCUT2D eigenvalue weighted by Crippen LogP contribution is 2.45. The summed E-state index contributed by atoms with van der Waals surface area (Å²) in [5, 5.41) is 21.6. The normalized spacial score (nSPS) is 15.4. The van der Waals surface area contributed by atoms with Crippen molar-refractivity contribution in [2.24, 2.45) is 16.3 Å². The molecule has 0 amide bonds. The summed E-state index contributed by atoms with van der Waals surface area (Å²) in [6.07, 6.45) is 4.76. The first kappa shape index (κ1) is 25.4. The Morgan fingerprint density at radius 1 is 1.25 bits per heavy atom. The van der Waals surface area contributed by atoms with E-state index in [1.807, 2.05) is 12.1 Å². The van der Waals surface area contributed by atoms with Gasteiger partial charge in [0.15, 0.2) is 11.5 Å². The fraction of sp³-hybridized carbons (Fsp3) is 0.357. The smallest absolute Gasteiger partial charge is 0.269 e. The minimum absolute atomic E-state index is 0.0237. The summed E-state index contributed by atoms with van der Waals surface area (Å²) in [5.74, 6) is 1.66. The molecule has 1 aromatic heterocycles. The molecular formula is C28H29N3O4S. The van der Waals surface area contributed by atoms with E-state index < -0.39 is 4.92 Å². The Balaban J connectivity index is 1.51. The van der Waals surface area contributed by atoms with Crippen LogP contribution in [0.15, 0.2) is 47.5 Å². The average Bonchev–Trinajstić information content (AvgIpc) is 3.22. The molecule has 0 saturated heterocycles. The molecule has 0 saturated carbocycles. The monoisotopic (exact) mass is 503 g/mol. The number of methoxy groups -OCH3 is 1. The number of fused-ring (bicyclic) bond motifs is 1. The largest absolute Gasteiger partial charge is 0.493 e. The maximum atomic E-state index is 11.0. The van der Waals surface area contributed by atoms with Crippen LogP contribution in [0.1, 0.15) is 54.3 Å². The summed E-state index contributed by atoms with van der Waals surface area (Å²) in [6, 6.07) is 14.2. The van der Waals surface area contributed by atoms with Crippen molar-refractivity contribution in [3.63, 3.8) is 0 Å². The minimum Gasteiger partial charge on any atom is -0.493 e. The highest BCUT2D eigenvalue weighted by atomic mass is 32.1. The van der Waals surface area contributed by atoms with Crippen molar-refractivity contribution in [3.05, 3.63) is 79.7 Å². The molecule has 2 aromatic carbocycles. The second kappa shape index (κ2) is 10.5. The predicted molar refractivity (Wildman–Crippen MR) is 142 cm³/mol. The standard InChI is InChI=1S/C28H29N3O4S/c1-28(2,3)20-9-10-22-23(15-29)27(36-26(22)14-20)30-16-18-8-11-24(25(13-18)34-4)35-17-19-6-5-7-21(12-19)31(32)33/h5-8,11-13,16,20H,9-10,14,17H2,1-4H3/t20-/m0/s1. The van der Waals surface area contributed by atoms with Gasteiger partial charge in [0, 0.05) is 23.2 Å². The van der Waals surface area contributed by atoms with E-state index in [1.54, 1.807) is 42.9 Å². The van der Waals surface area contributed by atoms with Gasteiger partial charge in [-0.15, -0.1) is 11.3 Å². The van der Waals surface area contributed by atoms with Gasteiger partial charge in [-0.2, -0.15) is 5.26 Å². The van der Waals surface area contributed by atoms with Gasteiger partial charge >= 0.3 is 0 Å². The quantitative estimate of drug-likeness (QED) is 0.196. The molecule has 1 heterocycles.